The zero-order valence-corrected chi connectivity index (χ0v) is 16.5. The zero-order chi connectivity index (χ0) is 19.7. The zero-order valence-electron chi connectivity index (χ0n) is 15.7. The lowest BCUT2D eigenvalue weighted by Crippen LogP contribution is -2.46. The molecule has 0 radical (unpaired) electrons. The molecule has 1 amide bonds. The molecule has 1 saturated heterocycles. The molecule has 2 aromatic carbocycles. The Morgan fingerprint density at radius 2 is 1.71 bits per heavy atom. The van der Waals surface area contributed by atoms with Crippen LogP contribution in [0, 0.1) is 0 Å². The summed E-state index contributed by atoms with van der Waals surface area (Å²) < 4.78 is 32.7. The molecule has 0 saturated carbocycles. The molecule has 7 nitrogen and oxygen atoms in total. The Kier molecular flexibility index (Phi) is 5.09. The van der Waals surface area contributed by atoms with Gasteiger partial charge in [-0.2, -0.15) is 4.31 Å². The number of para-hydroxylation sites is 1. The van der Waals surface area contributed by atoms with Gasteiger partial charge in [0.05, 0.1) is 4.90 Å². The average Bonchev–Trinajstić information content (AvgIpc) is 3.13. The van der Waals surface area contributed by atoms with Gasteiger partial charge in [0.25, 0.3) is 5.91 Å². The minimum Gasteiger partial charge on any atom is -0.480 e. The Balaban J connectivity index is 1.40. The quantitative estimate of drug-likeness (QED) is 0.841. The number of sulfonamides is 1. The second kappa shape index (κ2) is 7.54. The van der Waals surface area contributed by atoms with Crippen molar-refractivity contribution in [3.05, 3.63) is 54.1 Å². The van der Waals surface area contributed by atoms with E-state index in [0.29, 0.717) is 25.2 Å². The van der Waals surface area contributed by atoms with Crippen LogP contribution in [0.3, 0.4) is 0 Å². The third kappa shape index (κ3) is 3.76. The van der Waals surface area contributed by atoms with E-state index >= 15 is 0 Å². The molecule has 2 aliphatic rings. The fourth-order valence-corrected chi connectivity index (χ4v) is 4.86. The third-order valence-corrected chi connectivity index (χ3v) is 7.07. The monoisotopic (exact) mass is 401 g/mol. The van der Waals surface area contributed by atoms with Crippen molar-refractivity contribution in [2.45, 2.75) is 17.4 Å². The van der Waals surface area contributed by atoms with Crippen LogP contribution in [-0.2, 0) is 21.2 Å². The molecule has 0 spiro atoms. The molecule has 2 aromatic rings. The van der Waals surface area contributed by atoms with Crippen LogP contribution in [-0.4, -0.2) is 62.9 Å². The number of carbonyl (C=O) groups is 1. The molecule has 148 valence electrons. The van der Waals surface area contributed by atoms with Crippen LogP contribution in [0.2, 0.25) is 0 Å². The van der Waals surface area contributed by atoms with Crippen molar-refractivity contribution >= 4 is 21.6 Å². The normalized spacial score (nSPS) is 20.4. The number of benzene rings is 2. The van der Waals surface area contributed by atoms with E-state index in [9.17, 15) is 13.2 Å². The number of hydrogen-bond acceptors (Lipinski definition) is 5. The maximum Gasteiger partial charge on any atom is 0.265 e. The Labute approximate surface area is 165 Å². The molecule has 4 rings (SSSR count). The van der Waals surface area contributed by atoms with Gasteiger partial charge in [-0.3, -0.25) is 4.79 Å². The van der Waals surface area contributed by atoms with E-state index in [1.807, 2.05) is 31.3 Å². The Hall–Kier alpha value is -2.42. The minimum absolute atomic E-state index is 0.236. The number of rotatable bonds is 4. The summed E-state index contributed by atoms with van der Waals surface area (Å²) in [5.74, 6) is 0.488. The number of amides is 1. The average molecular weight is 401 g/mol. The molecular weight excluding hydrogens is 378 g/mol. The first kappa shape index (κ1) is 18.9. The lowest BCUT2D eigenvalue weighted by atomic mass is 10.1. The van der Waals surface area contributed by atoms with Gasteiger partial charge in [-0.1, -0.05) is 18.2 Å². The molecule has 0 bridgehead atoms. The molecule has 1 N–H and O–H groups in total. The molecule has 8 heteroatoms. The Morgan fingerprint density at radius 1 is 1.04 bits per heavy atom. The highest BCUT2D eigenvalue weighted by atomic mass is 32.2. The lowest BCUT2D eigenvalue weighted by molar-refractivity contribution is -0.122. The number of carbonyl (C=O) groups excluding carboxylic acids is 1. The first-order valence-electron chi connectivity index (χ1n) is 9.28. The van der Waals surface area contributed by atoms with E-state index in [2.05, 4.69) is 10.2 Å². The van der Waals surface area contributed by atoms with E-state index in [0.717, 1.165) is 24.4 Å². The largest absolute Gasteiger partial charge is 0.480 e. The van der Waals surface area contributed by atoms with Crippen molar-refractivity contribution in [2.75, 3.05) is 38.5 Å². The summed E-state index contributed by atoms with van der Waals surface area (Å²) in [5, 5.41) is 2.80. The predicted octanol–water partition coefficient (Wildman–Crippen LogP) is 1.56. The number of nitrogens with one attached hydrogen (secondary N) is 1. The molecular formula is C20H23N3O4S. The third-order valence-electron chi connectivity index (χ3n) is 5.16. The molecule has 1 unspecified atom stereocenters. The van der Waals surface area contributed by atoms with Crippen molar-refractivity contribution in [3.63, 3.8) is 0 Å². The highest BCUT2D eigenvalue weighted by Crippen LogP contribution is 2.29. The van der Waals surface area contributed by atoms with Gasteiger partial charge in [0.15, 0.2) is 6.10 Å². The van der Waals surface area contributed by atoms with Crippen LogP contribution >= 0.6 is 0 Å². The maximum absolute atomic E-state index is 12.8. The van der Waals surface area contributed by atoms with Crippen LogP contribution in [0.15, 0.2) is 53.4 Å². The van der Waals surface area contributed by atoms with E-state index in [1.54, 1.807) is 12.1 Å². The van der Waals surface area contributed by atoms with Crippen LogP contribution in [0.1, 0.15) is 5.56 Å². The maximum atomic E-state index is 12.8. The Morgan fingerprint density at radius 3 is 2.39 bits per heavy atom. The second-order valence-corrected chi connectivity index (χ2v) is 9.08. The summed E-state index contributed by atoms with van der Waals surface area (Å²) in [6.45, 7) is 2.40. The fourth-order valence-electron chi connectivity index (χ4n) is 3.44. The second-order valence-electron chi connectivity index (χ2n) is 7.14. The van der Waals surface area contributed by atoms with Crippen molar-refractivity contribution in [1.29, 1.82) is 0 Å². The van der Waals surface area contributed by atoms with E-state index < -0.39 is 16.1 Å². The number of ether oxygens (including phenoxy) is 1. The van der Waals surface area contributed by atoms with Crippen LogP contribution in [0.4, 0.5) is 5.69 Å². The number of piperazine rings is 1. The van der Waals surface area contributed by atoms with Gasteiger partial charge < -0.3 is 15.0 Å². The summed E-state index contributed by atoms with van der Waals surface area (Å²) in [6.07, 6.45) is -0.0520. The smallest absolute Gasteiger partial charge is 0.265 e. The topological polar surface area (TPSA) is 79.0 Å². The van der Waals surface area contributed by atoms with Crippen molar-refractivity contribution in [2.24, 2.45) is 0 Å². The van der Waals surface area contributed by atoms with Gasteiger partial charge in [-0.05, 0) is 42.9 Å². The number of nitrogens with zero attached hydrogens (tertiary/aromatic N) is 2. The molecule has 1 fully saturated rings. The fraction of sp³-hybridized carbons (Fsp3) is 0.350. The van der Waals surface area contributed by atoms with Crippen molar-refractivity contribution in [1.82, 2.24) is 9.21 Å². The number of fused-ring (bicyclic) bond motifs is 1. The molecule has 0 aromatic heterocycles. The van der Waals surface area contributed by atoms with Gasteiger partial charge in [-0.25, -0.2) is 8.42 Å². The van der Waals surface area contributed by atoms with Gasteiger partial charge in [-0.15, -0.1) is 0 Å². The van der Waals surface area contributed by atoms with Crippen LogP contribution in [0.5, 0.6) is 5.75 Å². The van der Waals surface area contributed by atoms with Crippen molar-refractivity contribution < 1.29 is 17.9 Å². The Bertz CT molecular complexity index is 942. The van der Waals surface area contributed by atoms with Gasteiger partial charge in [0.2, 0.25) is 10.0 Å². The van der Waals surface area contributed by atoms with Gasteiger partial charge in [0, 0.05) is 38.3 Å². The first-order chi connectivity index (χ1) is 13.4. The predicted molar refractivity (Wildman–Crippen MR) is 106 cm³/mol. The summed E-state index contributed by atoms with van der Waals surface area (Å²) in [7, 11) is -1.53. The molecule has 2 aliphatic heterocycles. The van der Waals surface area contributed by atoms with Gasteiger partial charge >= 0.3 is 0 Å². The SMILES string of the molecule is CN1CCN(S(=O)(=O)c2ccc(NC(=O)C3Cc4ccccc4O3)cc2)CC1. The van der Waals surface area contributed by atoms with Gasteiger partial charge in [0.1, 0.15) is 5.75 Å². The highest BCUT2D eigenvalue weighted by molar-refractivity contribution is 7.89. The van der Waals surface area contributed by atoms with E-state index in [1.165, 1.54) is 16.4 Å². The number of likely N-dealkylation sites (N-methyl/N-ethyl adjacent to an activating group) is 1. The first-order valence-corrected chi connectivity index (χ1v) is 10.7. The lowest BCUT2D eigenvalue weighted by Gasteiger charge is -2.31. The molecule has 28 heavy (non-hydrogen) atoms. The van der Waals surface area contributed by atoms with E-state index in [-0.39, 0.29) is 10.8 Å². The highest BCUT2D eigenvalue weighted by Gasteiger charge is 2.29. The number of hydrogen-bond donors (Lipinski definition) is 1. The molecule has 2 heterocycles. The summed E-state index contributed by atoms with van der Waals surface area (Å²) >= 11 is 0. The van der Waals surface area contributed by atoms with E-state index in [4.69, 9.17) is 4.74 Å². The standard InChI is InChI=1S/C20H23N3O4S/c1-22-10-12-23(13-11-22)28(25,26)17-8-6-16(7-9-17)21-20(24)19-14-15-4-2-3-5-18(15)27-19/h2-9,19H,10-14H2,1H3,(H,21,24). The molecule has 1 atom stereocenters. The van der Waals surface area contributed by atoms with Crippen LogP contribution < -0.4 is 10.1 Å². The summed E-state index contributed by atoms with van der Waals surface area (Å²) in [4.78, 5) is 14.8. The van der Waals surface area contributed by atoms with Crippen LogP contribution in [0.25, 0.3) is 0 Å². The summed E-state index contributed by atoms with van der Waals surface area (Å²) in [6, 6.07) is 13.9. The van der Waals surface area contributed by atoms with Crippen molar-refractivity contribution in [3.8, 4) is 5.75 Å². The molecule has 0 aliphatic carbocycles. The number of anilines is 1. The summed E-state index contributed by atoms with van der Waals surface area (Å²) in [5.41, 5.74) is 1.55. The minimum atomic E-state index is -3.51.